The first-order valence-corrected chi connectivity index (χ1v) is 11.7. The van der Waals surface area contributed by atoms with E-state index in [0.717, 1.165) is 42.3 Å². The van der Waals surface area contributed by atoms with Gasteiger partial charge in [-0.2, -0.15) is 10.1 Å². The van der Waals surface area contributed by atoms with E-state index in [1.165, 1.54) is 0 Å². The number of hydrogen-bond donors (Lipinski definition) is 3. The van der Waals surface area contributed by atoms with E-state index in [0.29, 0.717) is 29.2 Å². The lowest BCUT2D eigenvalue weighted by Crippen LogP contribution is -2.52. The van der Waals surface area contributed by atoms with Crippen molar-refractivity contribution in [2.24, 2.45) is 0 Å². The second-order valence-corrected chi connectivity index (χ2v) is 9.79. The van der Waals surface area contributed by atoms with E-state index in [1.807, 2.05) is 50.2 Å². The Balaban J connectivity index is 1.38. The van der Waals surface area contributed by atoms with Gasteiger partial charge < -0.3 is 20.4 Å². The number of H-pyrrole nitrogens is 1. The molecule has 0 radical (unpaired) electrons. The summed E-state index contributed by atoms with van der Waals surface area (Å²) in [6, 6.07) is 8.27. The van der Waals surface area contributed by atoms with E-state index in [9.17, 15) is 4.79 Å². The molecular weight excluding hydrogens is 440 g/mol. The molecule has 1 unspecified atom stereocenters. The van der Waals surface area contributed by atoms with E-state index in [2.05, 4.69) is 25.7 Å². The quantitative estimate of drug-likeness (QED) is 0.508. The molecule has 33 heavy (non-hydrogen) atoms. The molecular formula is C23H29ClN8O. The number of hydrogen-bond acceptors (Lipinski definition) is 7. The SMILES string of the molecule is Cc1cc(Nc2nc(NC3C[C@H]4CC[C@@H](C3)N4C(=O)CN(C)C)nc3cc(Cl)ccc23)n[nH]1. The number of likely N-dealkylation sites (N-methyl/N-ethyl adjacent to an activating group) is 1. The molecule has 9 nitrogen and oxygen atoms in total. The minimum absolute atomic E-state index is 0.211. The summed E-state index contributed by atoms with van der Waals surface area (Å²) in [6.45, 7) is 2.41. The van der Waals surface area contributed by atoms with Gasteiger partial charge in [0.05, 0.1) is 12.1 Å². The monoisotopic (exact) mass is 468 g/mol. The lowest BCUT2D eigenvalue weighted by molar-refractivity contribution is -0.136. The number of nitrogens with zero attached hydrogens (tertiary/aromatic N) is 5. The Morgan fingerprint density at radius 3 is 2.64 bits per heavy atom. The second-order valence-electron chi connectivity index (χ2n) is 9.35. The van der Waals surface area contributed by atoms with Gasteiger partial charge in [0.1, 0.15) is 5.82 Å². The van der Waals surface area contributed by atoms with E-state index in [-0.39, 0.29) is 24.0 Å². The van der Waals surface area contributed by atoms with Gasteiger partial charge in [-0.15, -0.1) is 0 Å². The van der Waals surface area contributed by atoms with Crippen LogP contribution in [0.3, 0.4) is 0 Å². The van der Waals surface area contributed by atoms with Gasteiger partial charge in [0.2, 0.25) is 11.9 Å². The fourth-order valence-corrected chi connectivity index (χ4v) is 5.27. The molecule has 1 amide bonds. The molecule has 3 N–H and O–H groups in total. The van der Waals surface area contributed by atoms with Crippen LogP contribution in [0, 0.1) is 6.92 Å². The molecule has 0 aliphatic carbocycles. The third-order valence-corrected chi connectivity index (χ3v) is 6.65. The average molecular weight is 469 g/mol. The standard InChI is InChI=1S/C23H29ClN8O/c1-13-8-20(30-29-13)27-22-18-7-4-14(24)9-19(18)26-23(28-22)25-15-10-16-5-6-17(11-15)32(16)21(33)12-31(2)3/h4,7-9,15-17H,5-6,10-12H2,1-3H3,(H3,25,26,27,28,29,30)/t15?,16-,17+. The zero-order chi connectivity index (χ0) is 23.1. The zero-order valence-corrected chi connectivity index (χ0v) is 19.9. The number of rotatable bonds is 6. The molecule has 0 spiro atoms. The van der Waals surface area contributed by atoms with Crippen LogP contribution in [0.5, 0.6) is 0 Å². The molecule has 1 aromatic carbocycles. The van der Waals surface area contributed by atoms with Crippen LogP contribution in [0.1, 0.15) is 31.4 Å². The summed E-state index contributed by atoms with van der Waals surface area (Å²) < 4.78 is 0. The van der Waals surface area contributed by atoms with Crippen LogP contribution >= 0.6 is 11.6 Å². The summed E-state index contributed by atoms with van der Waals surface area (Å²) >= 11 is 6.25. The normalized spacial score (nSPS) is 22.2. The number of fused-ring (bicyclic) bond motifs is 3. The Kier molecular flexibility index (Phi) is 5.84. The lowest BCUT2D eigenvalue weighted by atomic mass is 9.97. The van der Waals surface area contributed by atoms with Crippen molar-refractivity contribution in [2.45, 2.75) is 50.7 Å². The molecule has 2 saturated heterocycles. The van der Waals surface area contributed by atoms with Crippen LogP contribution in [0.15, 0.2) is 24.3 Å². The molecule has 2 aliphatic rings. The molecule has 0 saturated carbocycles. The second kappa shape index (κ2) is 8.79. The number of aromatic nitrogens is 4. The average Bonchev–Trinajstić information content (AvgIpc) is 3.27. The molecule has 3 aromatic rings. The van der Waals surface area contributed by atoms with Crippen molar-refractivity contribution in [2.75, 3.05) is 31.3 Å². The smallest absolute Gasteiger partial charge is 0.237 e. The number of benzene rings is 1. The number of carbonyl (C=O) groups excluding carboxylic acids is 1. The number of piperidine rings is 1. The highest BCUT2D eigenvalue weighted by atomic mass is 35.5. The minimum atomic E-state index is 0.211. The molecule has 2 aromatic heterocycles. The fraction of sp³-hybridized carbons (Fsp3) is 0.478. The minimum Gasteiger partial charge on any atom is -0.351 e. The third-order valence-electron chi connectivity index (χ3n) is 6.42. The zero-order valence-electron chi connectivity index (χ0n) is 19.1. The summed E-state index contributed by atoms with van der Waals surface area (Å²) in [6.07, 6.45) is 3.91. The topological polar surface area (TPSA) is 102 Å². The van der Waals surface area contributed by atoms with Gasteiger partial charge in [-0.25, -0.2) is 4.98 Å². The van der Waals surface area contributed by atoms with Crippen molar-refractivity contribution in [3.05, 3.63) is 35.0 Å². The maximum absolute atomic E-state index is 12.7. The van der Waals surface area contributed by atoms with Crippen LogP contribution in [0.4, 0.5) is 17.6 Å². The molecule has 2 aliphatic heterocycles. The van der Waals surface area contributed by atoms with Crippen LogP contribution in [-0.2, 0) is 4.79 Å². The highest BCUT2D eigenvalue weighted by Gasteiger charge is 2.43. The number of halogens is 1. The molecule has 2 bridgehead atoms. The van der Waals surface area contributed by atoms with E-state index < -0.39 is 0 Å². The Morgan fingerprint density at radius 1 is 1.21 bits per heavy atom. The summed E-state index contributed by atoms with van der Waals surface area (Å²) in [7, 11) is 3.88. The largest absolute Gasteiger partial charge is 0.351 e. The maximum Gasteiger partial charge on any atom is 0.237 e. The van der Waals surface area contributed by atoms with Gasteiger partial charge in [-0.3, -0.25) is 9.89 Å². The van der Waals surface area contributed by atoms with Gasteiger partial charge in [0, 0.05) is 40.3 Å². The molecule has 174 valence electrons. The number of aromatic amines is 1. The van der Waals surface area contributed by atoms with Crippen molar-refractivity contribution in [3.63, 3.8) is 0 Å². The van der Waals surface area contributed by atoms with Crippen molar-refractivity contribution in [1.82, 2.24) is 30.0 Å². The molecule has 5 rings (SSSR count). The van der Waals surface area contributed by atoms with E-state index in [4.69, 9.17) is 21.6 Å². The van der Waals surface area contributed by atoms with Crippen LogP contribution in [0.25, 0.3) is 10.9 Å². The Labute approximate surface area is 197 Å². The van der Waals surface area contributed by atoms with Crippen LogP contribution in [0.2, 0.25) is 5.02 Å². The van der Waals surface area contributed by atoms with Crippen molar-refractivity contribution in [3.8, 4) is 0 Å². The summed E-state index contributed by atoms with van der Waals surface area (Å²) in [5, 5.41) is 15.5. The fourth-order valence-electron chi connectivity index (χ4n) is 5.10. The Bertz CT molecular complexity index is 1160. The number of aryl methyl sites for hydroxylation is 1. The Hall–Kier alpha value is -2.91. The van der Waals surface area contributed by atoms with Crippen LogP contribution < -0.4 is 10.6 Å². The van der Waals surface area contributed by atoms with Gasteiger partial charge in [-0.05, 0) is 64.9 Å². The van der Waals surface area contributed by atoms with Gasteiger partial charge in [0.15, 0.2) is 5.82 Å². The van der Waals surface area contributed by atoms with Crippen molar-refractivity contribution in [1.29, 1.82) is 0 Å². The summed E-state index contributed by atoms with van der Waals surface area (Å²) in [5.74, 6) is 2.15. The molecule has 10 heteroatoms. The third kappa shape index (κ3) is 4.60. The Morgan fingerprint density at radius 2 is 1.97 bits per heavy atom. The first-order chi connectivity index (χ1) is 15.9. The number of nitrogens with one attached hydrogen (secondary N) is 3. The van der Waals surface area contributed by atoms with Crippen LogP contribution in [-0.4, -0.2) is 74.6 Å². The molecule has 4 heterocycles. The lowest BCUT2D eigenvalue weighted by Gasteiger charge is -2.39. The summed E-state index contributed by atoms with van der Waals surface area (Å²) in [4.78, 5) is 26.3. The highest BCUT2D eigenvalue weighted by Crippen LogP contribution is 2.37. The van der Waals surface area contributed by atoms with Crippen molar-refractivity contribution >= 4 is 46.0 Å². The van der Waals surface area contributed by atoms with Crippen molar-refractivity contribution < 1.29 is 4.79 Å². The number of anilines is 3. The molecule has 2 fully saturated rings. The number of carbonyl (C=O) groups is 1. The highest BCUT2D eigenvalue weighted by molar-refractivity contribution is 6.31. The van der Waals surface area contributed by atoms with E-state index >= 15 is 0 Å². The van der Waals surface area contributed by atoms with Gasteiger partial charge in [0.25, 0.3) is 0 Å². The van der Waals surface area contributed by atoms with E-state index in [1.54, 1.807) is 0 Å². The first kappa shape index (κ1) is 21.9. The molecule has 3 atom stereocenters. The van der Waals surface area contributed by atoms with Gasteiger partial charge in [-0.1, -0.05) is 11.6 Å². The number of amides is 1. The maximum atomic E-state index is 12.7. The summed E-state index contributed by atoms with van der Waals surface area (Å²) in [5.41, 5.74) is 1.72. The first-order valence-electron chi connectivity index (χ1n) is 11.3. The van der Waals surface area contributed by atoms with Gasteiger partial charge >= 0.3 is 0 Å². The predicted octanol–water partition coefficient (Wildman–Crippen LogP) is 3.55. The predicted molar refractivity (Wildman–Crippen MR) is 130 cm³/mol.